The summed E-state index contributed by atoms with van der Waals surface area (Å²) in [5.41, 5.74) is 6.84. The van der Waals surface area contributed by atoms with E-state index in [1.165, 1.54) is 10.6 Å². The molecule has 2 atom stereocenters. The number of carbonyl (C=O) groups excluding carboxylic acids is 4. The van der Waals surface area contributed by atoms with Crippen LogP contribution in [0.1, 0.15) is 59.2 Å². The zero-order valence-corrected chi connectivity index (χ0v) is 26.5. The summed E-state index contributed by atoms with van der Waals surface area (Å²) in [6, 6.07) is 2.38. The van der Waals surface area contributed by atoms with Crippen molar-refractivity contribution in [1.29, 1.82) is 0 Å². The Kier molecular flexibility index (Phi) is 9.00. The number of benzene rings is 1. The van der Waals surface area contributed by atoms with Gasteiger partial charge in [-0.1, -0.05) is 6.92 Å². The molecule has 15 nitrogen and oxygen atoms in total. The third-order valence-corrected chi connectivity index (χ3v) is 9.21. The molecule has 3 aromatic rings. The topological polar surface area (TPSA) is 216 Å². The Labute approximate surface area is 273 Å². The fourth-order valence-electron chi connectivity index (χ4n) is 6.68. The second kappa shape index (κ2) is 13.0. The van der Waals surface area contributed by atoms with Crippen LogP contribution in [0.5, 0.6) is 0 Å². The van der Waals surface area contributed by atoms with Gasteiger partial charge in [0.25, 0.3) is 5.56 Å². The molecular weight excluding hydrogens is 629 g/mol. The zero-order valence-electron chi connectivity index (χ0n) is 26.5. The molecule has 0 saturated carbocycles. The van der Waals surface area contributed by atoms with Gasteiger partial charge in [0.05, 0.1) is 61.4 Å². The molecule has 6 rings (SSSR count). The molecule has 16 heteroatoms. The summed E-state index contributed by atoms with van der Waals surface area (Å²) in [4.78, 5) is 67.7. The predicted octanol–water partition coefficient (Wildman–Crippen LogP) is -0.657. The zero-order chi connectivity index (χ0) is 34.3. The lowest BCUT2D eigenvalue weighted by Crippen LogP contribution is -2.44. The highest BCUT2D eigenvalue weighted by molar-refractivity contribution is 5.94. The molecular formula is C32H36FN7O8. The Morgan fingerprint density at radius 3 is 2.67 bits per heavy atom. The third-order valence-electron chi connectivity index (χ3n) is 9.21. The molecule has 4 heterocycles. The van der Waals surface area contributed by atoms with E-state index in [1.807, 2.05) is 0 Å². The summed E-state index contributed by atoms with van der Waals surface area (Å²) in [5.74, 6) is -2.56. The van der Waals surface area contributed by atoms with Crippen LogP contribution in [-0.2, 0) is 53.8 Å². The van der Waals surface area contributed by atoms with Crippen molar-refractivity contribution in [2.45, 2.75) is 57.9 Å². The molecule has 3 aliphatic rings. The number of halogens is 1. The number of nitrogens with zero attached hydrogens (tertiary/aromatic N) is 2. The second-order valence-electron chi connectivity index (χ2n) is 12.0. The highest BCUT2D eigenvalue weighted by Gasteiger charge is 2.46. The minimum atomic E-state index is -2.00. The monoisotopic (exact) mass is 665 g/mol. The van der Waals surface area contributed by atoms with Crippen molar-refractivity contribution >= 4 is 34.6 Å². The van der Waals surface area contributed by atoms with Gasteiger partial charge in [-0.2, -0.15) is 0 Å². The minimum Gasteiger partial charge on any atom is -0.458 e. The van der Waals surface area contributed by atoms with E-state index >= 15 is 4.39 Å². The summed E-state index contributed by atoms with van der Waals surface area (Å²) in [5, 5.41) is 22.6. The molecule has 2 aromatic heterocycles. The van der Waals surface area contributed by atoms with E-state index in [0.717, 1.165) is 5.56 Å². The Bertz CT molecular complexity index is 1930. The normalized spacial score (nSPS) is 18.9. The SMILES string of the molecule is CC[C@@]1(O)C(=O)OCc2c1cc1n(c2=O)Cc2c-1nc1cc(F)c(C)c3c1c2[C@@H](NC(=O)CNC(=O)CNCOCNC(=O)CN)CC3. The quantitative estimate of drug-likeness (QED) is 0.0672. The van der Waals surface area contributed by atoms with Crippen molar-refractivity contribution in [3.8, 4) is 11.4 Å². The molecule has 2 aliphatic heterocycles. The molecule has 0 bridgehead atoms. The van der Waals surface area contributed by atoms with E-state index in [9.17, 15) is 29.1 Å². The maximum absolute atomic E-state index is 15.1. The number of aliphatic hydroxyl groups is 1. The third kappa shape index (κ3) is 5.70. The lowest BCUT2D eigenvalue weighted by molar-refractivity contribution is -0.172. The fraction of sp³-hybridized carbons (Fsp3) is 0.438. The first-order valence-electron chi connectivity index (χ1n) is 15.6. The molecule has 3 amide bonds. The van der Waals surface area contributed by atoms with Crippen LogP contribution < -0.4 is 32.6 Å². The molecule has 0 radical (unpaired) electrons. The number of nitrogens with two attached hydrogens (primary N) is 1. The van der Waals surface area contributed by atoms with Gasteiger partial charge in [-0.15, -0.1) is 0 Å². The van der Waals surface area contributed by atoms with E-state index < -0.39 is 40.8 Å². The van der Waals surface area contributed by atoms with Gasteiger partial charge < -0.3 is 40.8 Å². The Morgan fingerprint density at radius 2 is 1.92 bits per heavy atom. The van der Waals surface area contributed by atoms with E-state index in [1.54, 1.807) is 19.9 Å². The first kappa shape index (κ1) is 33.1. The van der Waals surface area contributed by atoms with Crippen molar-refractivity contribution in [2.24, 2.45) is 5.73 Å². The largest absolute Gasteiger partial charge is 0.458 e. The van der Waals surface area contributed by atoms with Gasteiger partial charge in [-0.25, -0.2) is 14.2 Å². The van der Waals surface area contributed by atoms with Crippen LogP contribution >= 0.6 is 0 Å². The number of pyridine rings is 2. The van der Waals surface area contributed by atoms with Gasteiger partial charge in [0.15, 0.2) is 5.60 Å². The molecule has 1 aromatic carbocycles. The Balaban J connectivity index is 1.26. The van der Waals surface area contributed by atoms with Crippen LogP contribution in [0.25, 0.3) is 22.3 Å². The molecule has 254 valence electrons. The van der Waals surface area contributed by atoms with Gasteiger partial charge in [0, 0.05) is 22.6 Å². The summed E-state index contributed by atoms with van der Waals surface area (Å²) in [6.45, 7) is 2.43. The highest BCUT2D eigenvalue weighted by Crippen LogP contribution is 2.45. The molecule has 0 spiro atoms. The number of nitrogens with one attached hydrogen (secondary N) is 4. The van der Waals surface area contributed by atoms with E-state index in [0.29, 0.717) is 51.8 Å². The summed E-state index contributed by atoms with van der Waals surface area (Å²) in [6.07, 6.45) is 0.884. The number of amides is 3. The fourth-order valence-corrected chi connectivity index (χ4v) is 6.68. The Hall–Kier alpha value is -4.77. The summed E-state index contributed by atoms with van der Waals surface area (Å²) in [7, 11) is 0. The first-order valence-corrected chi connectivity index (χ1v) is 15.6. The van der Waals surface area contributed by atoms with Crippen molar-refractivity contribution < 1.29 is 38.1 Å². The molecule has 7 N–H and O–H groups in total. The molecule has 0 unspecified atom stereocenters. The standard InChI is InChI=1S/C32H36FN7O8/c1-3-32(46)19-6-23-29-17(11-40(23)30(44)18(19)12-48-31(32)45)28-21(5-4-16-15(2)20(33)7-22(39-29)27(16)28)38-26(43)10-36-25(42)9-35-13-47-14-37-24(41)8-34/h6-7,21,35,46H,3-5,8-14,34H2,1-2H3,(H,36,42)(H,37,41)(H,38,43)/t21-,32-/m0/s1. The number of rotatable bonds is 11. The van der Waals surface area contributed by atoms with Gasteiger partial charge in [-0.3, -0.25) is 24.5 Å². The van der Waals surface area contributed by atoms with E-state index in [4.69, 9.17) is 20.2 Å². The number of hydrogen-bond donors (Lipinski definition) is 6. The maximum Gasteiger partial charge on any atom is 0.343 e. The minimum absolute atomic E-state index is 0.0117. The van der Waals surface area contributed by atoms with Crippen molar-refractivity contribution in [3.05, 3.63) is 61.7 Å². The van der Waals surface area contributed by atoms with Crippen LogP contribution in [0, 0.1) is 12.7 Å². The molecule has 0 fully saturated rings. The number of ether oxygens (including phenoxy) is 2. The van der Waals surface area contributed by atoms with Crippen LogP contribution in [-0.4, -0.2) is 71.4 Å². The number of hydrogen-bond acceptors (Lipinski definition) is 11. The van der Waals surface area contributed by atoms with Gasteiger partial charge in [-0.05, 0) is 48.9 Å². The predicted molar refractivity (Wildman–Crippen MR) is 167 cm³/mol. The summed E-state index contributed by atoms with van der Waals surface area (Å²) < 4.78 is 26.9. The molecule has 0 saturated heterocycles. The van der Waals surface area contributed by atoms with Crippen LogP contribution in [0.15, 0.2) is 16.9 Å². The second-order valence-corrected chi connectivity index (χ2v) is 12.0. The van der Waals surface area contributed by atoms with Crippen LogP contribution in [0.3, 0.4) is 0 Å². The van der Waals surface area contributed by atoms with Gasteiger partial charge in [0.2, 0.25) is 17.7 Å². The number of aromatic nitrogens is 2. The number of fused-ring (bicyclic) bond motifs is 5. The maximum atomic E-state index is 15.1. The first-order chi connectivity index (χ1) is 23.0. The van der Waals surface area contributed by atoms with Crippen LogP contribution in [0.4, 0.5) is 4.39 Å². The van der Waals surface area contributed by atoms with E-state index in [-0.39, 0.29) is 69.7 Å². The van der Waals surface area contributed by atoms with Crippen molar-refractivity contribution in [3.63, 3.8) is 0 Å². The van der Waals surface area contributed by atoms with Gasteiger partial charge >= 0.3 is 5.97 Å². The van der Waals surface area contributed by atoms with Crippen LogP contribution in [0.2, 0.25) is 0 Å². The lowest BCUT2D eigenvalue weighted by Gasteiger charge is -2.31. The smallest absolute Gasteiger partial charge is 0.343 e. The highest BCUT2D eigenvalue weighted by atomic mass is 19.1. The number of esters is 1. The average molecular weight is 666 g/mol. The summed E-state index contributed by atoms with van der Waals surface area (Å²) >= 11 is 0. The number of carbonyl (C=O) groups is 4. The number of cyclic esters (lactones) is 1. The lowest BCUT2D eigenvalue weighted by atomic mass is 9.81. The molecule has 1 aliphatic carbocycles. The van der Waals surface area contributed by atoms with Crippen molar-refractivity contribution in [2.75, 3.05) is 33.1 Å². The average Bonchev–Trinajstić information content (AvgIpc) is 3.45. The van der Waals surface area contributed by atoms with E-state index in [2.05, 4.69) is 21.3 Å². The Morgan fingerprint density at radius 1 is 1.12 bits per heavy atom. The molecule has 48 heavy (non-hydrogen) atoms. The van der Waals surface area contributed by atoms with Gasteiger partial charge in [0.1, 0.15) is 19.2 Å². The number of aryl methyl sites for hydroxylation is 1. The van der Waals surface area contributed by atoms with Crippen molar-refractivity contribution in [1.82, 2.24) is 30.8 Å².